The number of aryl methyl sites for hydroxylation is 3. The molecule has 2 heteroatoms. The Hall–Kier alpha value is -1.15. The third kappa shape index (κ3) is 2.03. The molecule has 86 valence electrons. The van der Waals surface area contributed by atoms with Crippen molar-refractivity contribution in [2.75, 3.05) is 13.1 Å². The Labute approximate surface area is 97.1 Å². The molecule has 1 N–H and O–H groups in total. The third-order valence-electron chi connectivity index (χ3n) is 3.37. The zero-order valence-corrected chi connectivity index (χ0v) is 10.3. The van der Waals surface area contributed by atoms with Crippen molar-refractivity contribution in [1.29, 1.82) is 0 Å². The van der Waals surface area contributed by atoms with Crippen molar-refractivity contribution in [3.8, 4) is 0 Å². The van der Waals surface area contributed by atoms with Crippen molar-refractivity contribution < 1.29 is 4.79 Å². The minimum Gasteiger partial charge on any atom is -0.315 e. The van der Waals surface area contributed by atoms with E-state index in [0.717, 1.165) is 13.1 Å². The SMILES string of the molecule is Cc1cc(C)c(C2CNCCC2=O)c(C)c1. The molecule has 1 heterocycles. The van der Waals surface area contributed by atoms with Gasteiger partial charge in [0.2, 0.25) is 0 Å². The summed E-state index contributed by atoms with van der Waals surface area (Å²) in [6.07, 6.45) is 0.664. The van der Waals surface area contributed by atoms with E-state index >= 15 is 0 Å². The quantitative estimate of drug-likeness (QED) is 0.781. The molecule has 1 aromatic rings. The normalized spacial score (nSPS) is 21.2. The molecule has 2 nitrogen and oxygen atoms in total. The molecule has 1 aromatic carbocycles. The molecular formula is C14H19NO. The maximum absolute atomic E-state index is 11.9. The van der Waals surface area contributed by atoms with Crippen molar-refractivity contribution in [2.24, 2.45) is 0 Å². The highest BCUT2D eigenvalue weighted by molar-refractivity contribution is 5.87. The summed E-state index contributed by atoms with van der Waals surface area (Å²) < 4.78 is 0. The Morgan fingerprint density at radius 1 is 1.19 bits per heavy atom. The van der Waals surface area contributed by atoms with E-state index in [0.29, 0.717) is 12.2 Å². The van der Waals surface area contributed by atoms with Crippen LogP contribution in [0.5, 0.6) is 0 Å². The summed E-state index contributed by atoms with van der Waals surface area (Å²) in [6.45, 7) is 7.95. The van der Waals surface area contributed by atoms with Crippen molar-refractivity contribution >= 4 is 5.78 Å². The van der Waals surface area contributed by atoms with E-state index in [2.05, 4.69) is 38.2 Å². The van der Waals surface area contributed by atoms with Gasteiger partial charge in [-0.15, -0.1) is 0 Å². The van der Waals surface area contributed by atoms with Crippen LogP contribution in [0.4, 0.5) is 0 Å². The van der Waals surface area contributed by atoms with Gasteiger partial charge < -0.3 is 5.32 Å². The molecule has 1 aliphatic rings. The van der Waals surface area contributed by atoms with Gasteiger partial charge in [-0.3, -0.25) is 4.79 Å². The standard InChI is InChI=1S/C14H19NO/c1-9-6-10(2)14(11(3)7-9)12-8-15-5-4-13(12)16/h6-7,12,15H,4-5,8H2,1-3H3. The van der Waals surface area contributed by atoms with E-state index in [1.165, 1.54) is 22.3 Å². The van der Waals surface area contributed by atoms with Gasteiger partial charge in [0.25, 0.3) is 0 Å². The highest BCUT2D eigenvalue weighted by Crippen LogP contribution is 2.27. The van der Waals surface area contributed by atoms with Gasteiger partial charge in [-0.2, -0.15) is 0 Å². The summed E-state index contributed by atoms with van der Waals surface area (Å²) in [5.74, 6) is 0.447. The first-order chi connectivity index (χ1) is 7.59. The molecule has 1 fully saturated rings. The molecule has 2 rings (SSSR count). The Bertz CT molecular complexity index is 400. The lowest BCUT2D eigenvalue weighted by Gasteiger charge is -2.25. The molecule has 16 heavy (non-hydrogen) atoms. The Balaban J connectivity index is 2.42. The summed E-state index contributed by atoms with van der Waals surface area (Å²) in [6, 6.07) is 4.34. The van der Waals surface area contributed by atoms with Gasteiger partial charge in [-0.25, -0.2) is 0 Å². The lowest BCUT2D eigenvalue weighted by molar-refractivity contribution is -0.121. The maximum Gasteiger partial charge on any atom is 0.142 e. The summed E-state index contributed by atoms with van der Waals surface area (Å²) in [5.41, 5.74) is 5.01. The van der Waals surface area contributed by atoms with Crippen LogP contribution >= 0.6 is 0 Å². The average molecular weight is 217 g/mol. The van der Waals surface area contributed by atoms with Gasteiger partial charge in [0, 0.05) is 19.5 Å². The molecule has 0 bridgehead atoms. The van der Waals surface area contributed by atoms with Gasteiger partial charge in [0.15, 0.2) is 0 Å². The molecule has 1 unspecified atom stereocenters. The summed E-state index contributed by atoms with van der Waals surface area (Å²) >= 11 is 0. The van der Waals surface area contributed by atoms with Gasteiger partial charge >= 0.3 is 0 Å². The fraction of sp³-hybridized carbons (Fsp3) is 0.500. The molecule has 1 atom stereocenters. The first-order valence-electron chi connectivity index (χ1n) is 5.91. The largest absolute Gasteiger partial charge is 0.315 e. The monoisotopic (exact) mass is 217 g/mol. The van der Waals surface area contributed by atoms with E-state index in [-0.39, 0.29) is 5.92 Å². The summed E-state index contributed by atoms with van der Waals surface area (Å²) in [7, 11) is 0. The molecule has 0 spiro atoms. The average Bonchev–Trinajstić information content (AvgIpc) is 2.19. The van der Waals surface area contributed by atoms with Crippen molar-refractivity contribution in [1.82, 2.24) is 5.32 Å². The van der Waals surface area contributed by atoms with Crippen molar-refractivity contribution in [3.63, 3.8) is 0 Å². The minimum absolute atomic E-state index is 0.0642. The fourth-order valence-corrected chi connectivity index (χ4v) is 2.75. The molecule has 1 saturated heterocycles. The number of nitrogens with one attached hydrogen (secondary N) is 1. The molecule has 1 aliphatic heterocycles. The maximum atomic E-state index is 11.9. The third-order valence-corrected chi connectivity index (χ3v) is 3.37. The number of carbonyl (C=O) groups excluding carboxylic acids is 1. The number of piperidine rings is 1. The summed E-state index contributed by atoms with van der Waals surface area (Å²) in [4.78, 5) is 11.9. The smallest absolute Gasteiger partial charge is 0.142 e. The number of Topliss-reactive ketones (excluding diaryl/α,β-unsaturated/α-hetero) is 1. The van der Waals surface area contributed by atoms with E-state index in [1.54, 1.807) is 0 Å². The zero-order chi connectivity index (χ0) is 11.7. The van der Waals surface area contributed by atoms with Crippen LogP contribution in [-0.4, -0.2) is 18.9 Å². The number of hydrogen-bond acceptors (Lipinski definition) is 2. The summed E-state index contributed by atoms with van der Waals surface area (Å²) in [5, 5.41) is 3.31. The highest BCUT2D eigenvalue weighted by atomic mass is 16.1. The first-order valence-corrected chi connectivity index (χ1v) is 5.91. The first kappa shape index (κ1) is 11.3. The lowest BCUT2D eigenvalue weighted by Crippen LogP contribution is -2.36. The second-order valence-corrected chi connectivity index (χ2v) is 4.79. The second kappa shape index (κ2) is 4.38. The second-order valence-electron chi connectivity index (χ2n) is 4.79. The van der Waals surface area contributed by atoms with Gasteiger partial charge in [0.05, 0.1) is 5.92 Å². The molecule has 0 aromatic heterocycles. The molecule has 0 amide bonds. The molecule has 0 saturated carbocycles. The number of rotatable bonds is 1. The molecular weight excluding hydrogens is 198 g/mol. The van der Waals surface area contributed by atoms with Crippen molar-refractivity contribution in [3.05, 3.63) is 34.4 Å². The predicted molar refractivity (Wildman–Crippen MR) is 65.9 cm³/mol. The number of hydrogen-bond donors (Lipinski definition) is 1. The van der Waals surface area contributed by atoms with Crippen LogP contribution in [0, 0.1) is 20.8 Å². The van der Waals surface area contributed by atoms with Crippen LogP contribution in [0.25, 0.3) is 0 Å². The van der Waals surface area contributed by atoms with E-state index in [1.807, 2.05) is 0 Å². The highest BCUT2D eigenvalue weighted by Gasteiger charge is 2.26. The Morgan fingerprint density at radius 3 is 2.38 bits per heavy atom. The lowest BCUT2D eigenvalue weighted by atomic mass is 9.84. The van der Waals surface area contributed by atoms with E-state index in [4.69, 9.17) is 0 Å². The van der Waals surface area contributed by atoms with Gasteiger partial charge in [0.1, 0.15) is 5.78 Å². The molecule has 0 aliphatic carbocycles. The zero-order valence-electron chi connectivity index (χ0n) is 10.3. The van der Waals surface area contributed by atoms with Crippen LogP contribution in [0.2, 0.25) is 0 Å². The number of benzene rings is 1. The van der Waals surface area contributed by atoms with Crippen molar-refractivity contribution in [2.45, 2.75) is 33.1 Å². The van der Waals surface area contributed by atoms with Crippen LogP contribution in [0.1, 0.15) is 34.6 Å². The number of carbonyl (C=O) groups is 1. The van der Waals surface area contributed by atoms with Crippen LogP contribution < -0.4 is 5.32 Å². The van der Waals surface area contributed by atoms with Gasteiger partial charge in [-0.05, 0) is 37.5 Å². The topological polar surface area (TPSA) is 29.1 Å². The van der Waals surface area contributed by atoms with E-state index in [9.17, 15) is 4.79 Å². The van der Waals surface area contributed by atoms with Crippen LogP contribution in [0.3, 0.4) is 0 Å². The van der Waals surface area contributed by atoms with Crippen LogP contribution in [0.15, 0.2) is 12.1 Å². The fourth-order valence-electron chi connectivity index (χ4n) is 2.75. The predicted octanol–water partition coefficient (Wildman–Crippen LogP) is 2.26. The molecule has 0 radical (unpaired) electrons. The number of ketones is 1. The van der Waals surface area contributed by atoms with Crippen LogP contribution in [-0.2, 0) is 4.79 Å². The minimum atomic E-state index is 0.0642. The Morgan fingerprint density at radius 2 is 1.81 bits per heavy atom. The Kier molecular flexibility index (Phi) is 3.10. The van der Waals surface area contributed by atoms with E-state index < -0.39 is 0 Å². The van der Waals surface area contributed by atoms with Gasteiger partial charge in [-0.1, -0.05) is 17.7 Å².